The van der Waals surface area contributed by atoms with Crippen LogP contribution in [0, 0.1) is 13.8 Å². The number of aryl methyl sites for hydroxylation is 2. The Morgan fingerprint density at radius 3 is 1.40 bits per heavy atom. The molecular weight excluding hydrogens is 536 g/mol. The highest BCUT2D eigenvalue weighted by Gasteiger charge is 2.44. The van der Waals surface area contributed by atoms with Gasteiger partial charge in [0.15, 0.2) is 23.0 Å². The number of phenolic OH excluding ortho intramolecular Hbond substituents is 4. The molecule has 0 saturated heterocycles. The number of fused-ring (bicyclic) bond motifs is 5. The molecule has 0 radical (unpaired) electrons. The third kappa shape index (κ3) is 3.95. The first-order valence-electron chi connectivity index (χ1n) is 14.0. The molecule has 0 aliphatic heterocycles. The SMILES string of the molecule is Cc1cccc2c1-c1c(C)cccc1C2(/N=C/c1c(O)c(O)cc2ccccc12)/N=C/c1c(O)c(O)cc2ccccc12. The average Bonchev–Trinajstić information content (AvgIpc) is 3.29. The van der Waals surface area contributed by atoms with Crippen LogP contribution in [-0.2, 0) is 5.66 Å². The Labute approximate surface area is 248 Å². The molecule has 6 aromatic rings. The molecular formula is C37H28N2O4. The fourth-order valence-corrected chi connectivity index (χ4v) is 6.31. The highest BCUT2D eigenvalue weighted by Crippen LogP contribution is 2.53. The first kappa shape index (κ1) is 26.3. The Kier molecular flexibility index (Phi) is 5.95. The summed E-state index contributed by atoms with van der Waals surface area (Å²) in [6, 6.07) is 30.0. The van der Waals surface area contributed by atoms with Gasteiger partial charge in [-0.05, 0) is 69.8 Å². The highest BCUT2D eigenvalue weighted by atomic mass is 16.3. The molecule has 6 heteroatoms. The summed E-state index contributed by atoms with van der Waals surface area (Å²) in [5, 5.41) is 46.1. The average molecular weight is 565 g/mol. The van der Waals surface area contributed by atoms with E-state index in [-0.39, 0.29) is 23.0 Å². The van der Waals surface area contributed by atoms with Crippen molar-refractivity contribution < 1.29 is 20.4 Å². The van der Waals surface area contributed by atoms with Gasteiger partial charge in [-0.3, -0.25) is 9.98 Å². The van der Waals surface area contributed by atoms with E-state index in [4.69, 9.17) is 9.98 Å². The number of benzene rings is 6. The van der Waals surface area contributed by atoms with E-state index in [1.165, 1.54) is 12.1 Å². The van der Waals surface area contributed by atoms with Gasteiger partial charge in [0.1, 0.15) is 0 Å². The zero-order valence-corrected chi connectivity index (χ0v) is 23.6. The summed E-state index contributed by atoms with van der Waals surface area (Å²) in [7, 11) is 0. The molecule has 1 aliphatic rings. The second-order valence-electron chi connectivity index (χ2n) is 10.9. The van der Waals surface area contributed by atoms with Gasteiger partial charge < -0.3 is 20.4 Å². The molecule has 43 heavy (non-hydrogen) atoms. The van der Waals surface area contributed by atoms with E-state index in [2.05, 4.69) is 26.0 Å². The maximum Gasteiger partial charge on any atom is 0.202 e. The number of aliphatic imine (C=N–C) groups is 2. The minimum absolute atomic E-state index is 0.243. The van der Waals surface area contributed by atoms with Gasteiger partial charge in [-0.1, -0.05) is 84.9 Å². The number of hydrogen-bond acceptors (Lipinski definition) is 6. The van der Waals surface area contributed by atoms with Crippen LogP contribution in [0.2, 0.25) is 0 Å². The van der Waals surface area contributed by atoms with Crippen LogP contribution in [0.5, 0.6) is 23.0 Å². The van der Waals surface area contributed by atoms with Gasteiger partial charge in [0.25, 0.3) is 0 Å². The second kappa shape index (κ2) is 9.74. The third-order valence-corrected chi connectivity index (χ3v) is 8.39. The van der Waals surface area contributed by atoms with Crippen molar-refractivity contribution in [2.45, 2.75) is 19.5 Å². The Balaban J connectivity index is 1.55. The lowest BCUT2D eigenvalue weighted by atomic mass is 9.96. The van der Waals surface area contributed by atoms with Crippen LogP contribution in [0.1, 0.15) is 33.4 Å². The molecule has 0 saturated carbocycles. The maximum absolute atomic E-state index is 11.0. The number of hydrogen-bond donors (Lipinski definition) is 4. The van der Waals surface area contributed by atoms with E-state index < -0.39 is 5.66 Å². The van der Waals surface area contributed by atoms with Crippen molar-refractivity contribution in [2.75, 3.05) is 0 Å². The lowest BCUT2D eigenvalue weighted by molar-refractivity contribution is 0.404. The molecule has 0 unspecified atom stereocenters. The molecule has 210 valence electrons. The zero-order valence-electron chi connectivity index (χ0n) is 23.6. The van der Waals surface area contributed by atoms with Crippen molar-refractivity contribution in [1.29, 1.82) is 0 Å². The van der Waals surface area contributed by atoms with E-state index in [9.17, 15) is 20.4 Å². The smallest absolute Gasteiger partial charge is 0.202 e. The van der Waals surface area contributed by atoms with Crippen LogP contribution in [0.3, 0.4) is 0 Å². The standard InChI is InChI=1S/C37H28N2O4/c1-21-9-7-15-29-33(21)34-22(2)10-8-16-30(34)37(29,38-19-27-25-13-5-3-11-23(25)17-31(40)35(27)42)39-20-28-26-14-6-4-12-24(26)18-32(41)36(28)43/h3-20,40-43H,1-2H3/b38-19+,39-20+. The van der Waals surface area contributed by atoms with Gasteiger partial charge in [0, 0.05) is 34.7 Å². The van der Waals surface area contributed by atoms with E-state index in [1.807, 2.05) is 72.8 Å². The van der Waals surface area contributed by atoms with Gasteiger partial charge in [0.2, 0.25) is 5.66 Å². The Hall–Kier alpha value is -5.62. The molecule has 0 amide bonds. The number of rotatable bonds is 4. The van der Waals surface area contributed by atoms with Crippen LogP contribution in [0.15, 0.2) is 107 Å². The van der Waals surface area contributed by atoms with Crippen LogP contribution in [0.4, 0.5) is 0 Å². The lowest BCUT2D eigenvalue weighted by Crippen LogP contribution is -2.21. The maximum atomic E-state index is 11.0. The van der Waals surface area contributed by atoms with E-state index >= 15 is 0 Å². The van der Waals surface area contributed by atoms with E-state index in [0.717, 1.165) is 54.9 Å². The van der Waals surface area contributed by atoms with Crippen LogP contribution in [-0.4, -0.2) is 32.9 Å². The summed E-state index contributed by atoms with van der Waals surface area (Å²) >= 11 is 0. The Morgan fingerprint density at radius 1 is 0.535 bits per heavy atom. The summed E-state index contributed by atoms with van der Waals surface area (Å²) in [6.45, 7) is 4.11. The zero-order chi connectivity index (χ0) is 29.9. The molecule has 0 aromatic heterocycles. The molecule has 6 aromatic carbocycles. The molecule has 4 N–H and O–H groups in total. The van der Waals surface area contributed by atoms with Gasteiger partial charge in [-0.2, -0.15) is 0 Å². The van der Waals surface area contributed by atoms with Crippen LogP contribution < -0.4 is 0 Å². The van der Waals surface area contributed by atoms with E-state index in [0.29, 0.717) is 11.1 Å². The molecule has 1 aliphatic carbocycles. The van der Waals surface area contributed by atoms with Crippen molar-refractivity contribution in [3.63, 3.8) is 0 Å². The first-order chi connectivity index (χ1) is 20.8. The van der Waals surface area contributed by atoms with Crippen molar-refractivity contribution in [2.24, 2.45) is 9.98 Å². The van der Waals surface area contributed by atoms with Crippen LogP contribution >= 0.6 is 0 Å². The van der Waals surface area contributed by atoms with Gasteiger partial charge in [-0.15, -0.1) is 0 Å². The van der Waals surface area contributed by atoms with Crippen molar-refractivity contribution >= 4 is 34.0 Å². The monoisotopic (exact) mass is 564 g/mol. The van der Waals surface area contributed by atoms with Gasteiger partial charge in [-0.25, -0.2) is 0 Å². The van der Waals surface area contributed by atoms with Gasteiger partial charge >= 0.3 is 0 Å². The number of nitrogens with zero attached hydrogens (tertiary/aromatic N) is 2. The summed E-state index contributed by atoms with van der Waals surface area (Å²) in [6.07, 6.45) is 3.14. The highest BCUT2D eigenvalue weighted by molar-refractivity contribution is 6.06. The minimum Gasteiger partial charge on any atom is -0.504 e. The molecule has 0 fully saturated rings. The van der Waals surface area contributed by atoms with Crippen LogP contribution in [0.25, 0.3) is 32.7 Å². The van der Waals surface area contributed by atoms with Crippen molar-refractivity contribution in [3.8, 4) is 34.1 Å². The molecule has 7 rings (SSSR count). The summed E-state index contributed by atoms with van der Waals surface area (Å²) in [4.78, 5) is 10.3. The Morgan fingerprint density at radius 2 is 0.953 bits per heavy atom. The summed E-state index contributed by atoms with van der Waals surface area (Å²) in [5.74, 6) is -1.03. The Bertz CT molecular complexity index is 2010. The summed E-state index contributed by atoms with van der Waals surface area (Å²) < 4.78 is 0. The second-order valence-corrected chi connectivity index (χ2v) is 10.9. The molecule has 0 spiro atoms. The predicted molar refractivity (Wildman–Crippen MR) is 172 cm³/mol. The number of aromatic hydroxyl groups is 4. The minimum atomic E-state index is -1.30. The quantitative estimate of drug-likeness (QED) is 0.129. The summed E-state index contributed by atoms with van der Waals surface area (Å²) in [5.41, 5.74) is 5.31. The van der Waals surface area contributed by atoms with Crippen molar-refractivity contribution in [3.05, 3.63) is 130 Å². The topological polar surface area (TPSA) is 106 Å². The number of phenols is 4. The van der Waals surface area contributed by atoms with E-state index in [1.54, 1.807) is 12.4 Å². The largest absolute Gasteiger partial charge is 0.504 e. The molecule has 0 bridgehead atoms. The van der Waals surface area contributed by atoms with Crippen molar-refractivity contribution in [1.82, 2.24) is 0 Å². The fraction of sp³-hybridized carbons (Fsp3) is 0.0811. The molecule has 0 heterocycles. The third-order valence-electron chi connectivity index (χ3n) is 8.39. The normalized spacial score (nSPS) is 13.7. The molecule has 6 nitrogen and oxygen atoms in total. The van der Waals surface area contributed by atoms with Gasteiger partial charge in [0.05, 0.1) is 0 Å². The predicted octanol–water partition coefficient (Wildman–Crippen LogP) is 7.85. The fourth-order valence-electron chi connectivity index (χ4n) is 6.31. The molecule has 0 atom stereocenters. The lowest BCUT2D eigenvalue weighted by Gasteiger charge is -2.24. The first-order valence-corrected chi connectivity index (χ1v) is 14.0.